The first-order chi connectivity index (χ1) is 10.8. The van der Waals surface area contributed by atoms with Crippen LogP contribution < -0.4 is 10.7 Å². The molecule has 1 fully saturated rings. The van der Waals surface area contributed by atoms with Crippen molar-refractivity contribution in [3.05, 3.63) is 66.2 Å². The molecule has 5 nitrogen and oxygen atoms in total. The first kappa shape index (κ1) is 14.4. The summed E-state index contributed by atoms with van der Waals surface area (Å²) in [7, 11) is 0. The van der Waals surface area contributed by atoms with Gasteiger partial charge in [0.1, 0.15) is 6.61 Å². The highest BCUT2D eigenvalue weighted by molar-refractivity contribution is 5.68. The molecule has 1 heterocycles. The molecular formula is C17H19N3O2. The minimum Gasteiger partial charge on any atom is -0.447 e. The van der Waals surface area contributed by atoms with Crippen molar-refractivity contribution in [2.24, 2.45) is 0 Å². The summed E-state index contributed by atoms with van der Waals surface area (Å²) in [6.07, 6.45) is -0.319. The zero-order valence-corrected chi connectivity index (χ0v) is 12.2. The zero-order chi connectivity index (χ0) is 15.2. The molecule has 0 unspecified atom stereocenters. The van der Waals surface area contributed by atoms with Crippen LogP contribution in [0.3, 0.4) is 0 Å². The first-order valence-corrected chi connectivity index (χ1v) is 7.37. The Balaban J connectivity index is 1.70. The Morgan fingerprint density at radius 1 is 1.05 bits per heavy atom. The topological polar surface area (TPSA) is 53.6 Å². The molecule has 1 saturated heterocycles. The fourth-order valence-electron chi connectivity index (χ4n) is 2.40. The summed E-state index contributed by atoms with van der Waals surface area (Å²) in [6.45, 7) is 1.66. The fraction of sp³-hybridized carbons (Fsp3) is 0.235. The minimum absolute atomic E-state index is 0.0212. The van der Waals surface area contributed by atoms with Crippen molar-refractivity contribution in [3.8, 4) is 0 Å². The third kappa shape index (κ3) is 3.56. The molecule has 2 aromatic carbocycles. The second-order valence-electron chi connectivity index (χ2n) is 5.11. The summed E-state index contributed by atoms with van der Waals surface area (Å²) in [5.74, 6) is 0. The number of rotatable bonds is 6. The number of ether oxygens (including phenoxy) is 1. The van der Waals surface area contributed by atoms with Gasteiger partial charge in [-0.05, 0) is 17.7 Å². The van der Waals surface area contributed by atoms with Gasteiger partial charge in [0.15, 0.2) is 0 Å². The fourth-order valence-corrected chi connectivity index (χ4v) is 2.40. The van der Waals surface area contributed by atoms with Gasteiger partial charge in [0.05, 0.1) is 12.6 Å². The molecule has 0 aliphatic carbocycles. The standard InChI is InChI=1S/C17H19N3O2/c21-17-20(11-12-22-17)19-16(14-7-3-1-4-8-14)13-18-15-9-5-2-6-10-15/h1-10,16,18-19H,11-13H2/t16-/m0/s1. The summed E-state index contributed by atoms with van der Waals surface area (Å²) >= 11 is 0. The molecule has 1 aliphatic heterocycles. The van der Waals surface area contributed by atoms with Gasteiger partial charge in [-0.1, -0.05) is 48.5 Å². The summed E-state index contributed by atoms with van der Waals surface area (Å²) in [5.41, 5.74) is 5.42. The van der Waals surface area contributed by atoms with E-state index in [0.717, 1.165) is 11.3 Å². The van der Waals surface area contributed by atoms with Gasteiger partial charge in [-0.15, -0.1) is 0 Å². The van der Waals surface area contributed by atoms with Crippen molar-refractivity contribution < 1.29 is 9.53 Å². The van der Waals surface area contributed by atoms with Gasteiger partial charge in [-0.2, -0.15) is 0 Å². The molecule has 3 rings (SSSR count). The summed E-state index contributed by atoms with van der Waals surface area (Å²) < 4.78 is 4.97. The van der Waals surface area contributed by atoms with Crippen molar-refractivity contribution >= 4 is 11.8 Å². The van der Waals surface area contributed by atoms with Gasteiger partial charge >= 0.3 is 6.09 Å². The molecule has 0 spiro atoms. The SMILES string of the molecule is O=C1OCCN1N[C@@H](CNc1ccccc1)c1ccccc1. The molecule has 5 heteroatoms. The molecule has 0 saturated carbocycles. The third-order valence-electron chi connectivity index (χ3n) is 3.56. The Labute approximate surface area is 129 Å². The Bertz CT molecular complexity index is 604. The zero-order valence-electron chi connectivity index (χ0n) is 12.2. The molecule has 2 N–H and O–H groups in total. The molecule has 2 aromatic rings. The molecule has 1 atom stereocenters. The van der Waals surface area contributed by atoms with E-state index in [2.05, 4.69) is 10.7 Å². The highest BCUT2D eigenvalue weighted by Gasteiger charge is 2.25. The third-order valence-corrected chi connectivity index (χ3v) is 3.56. The lowest BCUT2D eigenvalue weighted by atomic mass is 10.1. The largest absolute Gasteiger partial charge is 0.447 e. The van der Waals surface area contributed by atoms with Crippen LogP contribution in [0.5, 0.6) is 0 Å². The van der Waals surface area contributed by atoms with Crippen LogP contribution in [0, 0.1) is 0 Å². The van der Waals surface area contributed by atoms with Crippen molar-refractivity contribution in [2.75, 3.05) is 25.0 Å². The second-order valence-corrected chi connectivity index (χ2v) is 5.11. The highest BCUT2D eigenvalue weighted by Crippen LogP contribution is 2.16. The van der Waals surface area contributed by atoms with E-state index in [4.69, 9.17) is 4.74 Å². The Hall–Kier alpha value is -2.53. The molecule has 0 radical (unpaired) electrons. The van der Waals surface area contributed by atoms with Gasteiger partial charge in [0.2, 0.25) is 0 Å². The number of cyclic esters (lactones) is 1. The number of nitrogens with zero attached hydrogens (tertiary/aromatic N) is 1. The van der Waals surface area contributed by atoms with Crippen LogP contribution in [0.15, 0.2) is 60.7 Å². The van der Waals surface area contributed by atoms with Crippen molar-refractivity contribution in [1.29, 1.82) is 0 Å². The average molecular weight is 297 g/mol. The summed E-state index contributed by atoms with van der Waals surface area (Å²) in [5, 5.41) is 4.92. The van der Waals surface area contributed by atoms with Crippen molar-refractivity contribution in [2.45, 2.75) is 6.04 Å². The Kier molecular flexibility index (Phi) is 4.56. The van der Waals surface area contributed by atoms with E-state index in [-0.39, 0.29) is 12.1 Å². The number of para-hydroxylation sites is 1. The Morgan fingerprint density at radius 2 is 1.73 bits per heavy atom. The lowest BCUT2D eigenvalue weighted by molar-refractivity contribution is 0.139. The molecule has 0 aromatic heterocycles. The number of carbonyl (C=O) groups is 1. The lowest BCUT2D eigenvalue weighted by Gasteiger charge is -2.25. The highest BCUT2D eigenvalue weighted by atomic mass is 16.6. The number of benzene rings is 2. The van der Waals surface area contributed by atoms with E-state index in [9.17, 15) is 4.79 Å². The number of hydrazine groups is 1. The minimum atomic E-state index is -0.319. The van der Waals surface area contributed by atoms with Crippen molar-refractivity contribution in [1.82, 2.24) is 10.4 Å². The van der Waals surface area contributed by atoms with Crippen LogP contribution in [0.1, 0.15) is 11.6 Å². The van der Waals surface area contributed by atoms with Gasteiger partial charge in [0, 0.05) is 12.2 Å². The number of carbonyl (C=O) groups excluding carboxylic acids is 1. The maximum Gasteiger partial charge on any atom is 0.424 e. The molecule has 1 amide bonds. The maximum atomic E-state index is 11.6. The van der Waals surface area contributed by atoms with Crippen LogP contribution in [-0.4, -0.2) is 30.8 Å². The van der Waals surface area contributed by atoms with Crippen molar-refractivity contribution in [3.63, 3.8) is 0 Å². The van der Waals surface area contributed by atoms with E-state index < -0.39 is 0 Å². The van der Waals surface area contributed by atoms with Gasteiger partial charge in [0.25, 0.3) is 0 Å². The number of hydrogen-bond donors (Lipinski definition) is 2. The normalized spacial score (nSPS) is 15.5. The quantitative estimate of drug-likeness (QED) is 0.861. The molecule has 114 valence electrons. The number of amides is 1. The molecule has 0 bridgehead atoms. The second kappa shape index (κ2) is 6.95. The summed E-state index contributed by atoms with van der Waals surface area (Å²) in [4.78, 5) is 11.6. The number of anilines is 1. The lowest BCUT2D eigenvalue weighted by Crippen LogP contribution is -2.43. The van der Waals surface area contributed by atoms with Crippen LogP contribution in [-0.2, 0) is 4.74 Å². The van der Waals surface area contributed by atoms with Crippen LogP contribution >= 0.6 is 0 Å². The van der Waals surface area contributed by atoms with E-state index in [1.807, 2.05) is 60.7 Å². The van der Waals surface area contributed by atoms with Crippen LogP contribution in [0.2, 0.25) is 0 Å². The maximum absolute atomic E-state index is 11.6. The summed E-state index contributed by atoms with van der Waals surface area (Å²) in [6, 6.07) is 20.1. The van der Waals surface area contributed by atoms with E-state index in [1.54, 1.807) is 0 Å². The van der Waals surface area contributed by atoms with Gasteiger partial charge < -0.3 is 10.1 Å². The van der Waals surface area contributed by atoms with E-state index in [0.29, 0.717) is 19.7 Å². The molecule has 22 heavy (non-hydrogen) atoms. The Morgan fingerprint density at radius 3 is 2.36 bits per heavy atom. The van der Waals surface area contributed by atoms with E-state index in [1.165, 1.54) is 5.01 Å². The average Bonchev–Trinajstić information content (AvgIpc) is 2.98. The van der Waals surface area contributed by atoms with Gasteiger partial charge in [-0.3, -0.25) is 0 Å². The smallest absolute Gasteiger partial charge is 0.424 e. The first-order valence-electron chi connectivity index (χ1n) is 7.37. The van der Waals surface area contributed by atoms with Gasteiger partial charge in [-0.25, -0.2) is 15.2 Å². The van der Waals surface area contributed by atoms with Crippen LogP contribution in [0.25, 0.3) is 0 Å². The number of nitrogens with one attached hydrogen (secondary N) is 2. The predicted octanol–water partition coefficient (Wildman–Crippen LogP) is 2.80. The molecule has 1 aliphatic rings. The monoisotopic (exact) mass is 297 g/mol. The predicted molar refractivity (Wildman–Crippen MR) is 85.3 cm³/mol. The van der Waals surface area contributed by atoms with E-state index >= 15 is 0 Å². The molecular weight excluding hydrogens is 278 g/mol. The van der Waals surface area contributed by atoms with Crippen LogP contribution in [0.4, 0.5) is 10.5 Å². The number of hydrogen-bond acceptors (Lipinski definition) is 4.